The molecule has 1 fully saturated rings. The molecule has 20 heavy (non-hydrogen) atoms. The SMILES string of the molecule is CC(C)C(C)(C(=O)OC1=CC[NH+]2CC[C@H](O)[C@@H]12)C(C)C. The summed E-state index contributed by atoms with van der Waals surface area (Å²) in [5, 5.41) is 10.1. The van der Waals surface area contributed by atoms with Gasteiger partial charge in [0, 0.05) is 12.5 Å². The van der Waals surface area contributed by atoms with Crippen LogP contribution in [0.4, 0.5) is 0 Å². The molecule has 4 heteroatoms. The molecule has 0 radical (unpaired) electrons. The van der Waals surface area contributed by atoms with E-state index in [-0.39, 0.29) is 30.0 Å². The predicted molar refractivity (Wildman–Crippen MR) is 77.1 cm³/mol. The summed E-state index contributed by atoms with van der Waals surface area (Å²) in [4.78, 5) is 14.0. The van der Waals surface area contributed by atoms with Crippen LogP contribution in [-0.4, -0.2) is 36.3 Å². The maximum atomic E-state index is 12.6. The van der Waals surface area contributed by atoms with Gasteiger partial charge in [-0.15, -0.1) is 0 Å². The first kappa shape index (κ1) is 15.5. The molecule has 0 bridgehead atoms. The minimum Gasteiger partial charge on any atom is -0.424 e. The molecule has 0 saturated carbocycles. The van der Waals surface area contributed by atoms with Crippen LogP contribution in [0.5, 0.6) is 0 Å². The zero-order chi connectivity index (χ0) is 15.1. The number of ether oxygens (including phenoxy) is 1. The van der Waals surface area contributed by atoms with E-state index in [0.29, 0.717) is 5.76 Å². The van der Waals surface area contributed by atoms with Crippen molar-refractivity contribution in [3.8, 4) is 0 Å². The summed E-state index contributed by atoms with van der Waals surface area (Å²) in [6, 6.07) is -0.0393. The zero-order valence-corrected chi connectivity index (χ0v) is 13.3. The second kappa shape index (κ2) is 5.49. The molecule has 1 unspecified atom stereocenters. The van der Waals surface area contributed by atoms with Crippen LogP contribution < -0.4 is 4.90 Å². The van der Waals surface area contributed by atoms with Crippen LogP contribution in [0.25, 0.3) is 0 Å². The summed E-state index contributed by atoms with van der Waals surface area (Å²) < 4.78 is 5.72. The Bertz CT molecular complexity index is 406. The van der Waals surface area contributed by atoms with Gasteiger partial charge in [-0.1, -0.05) is 27.7 Å². The van der Waals surface area contributed by atoms with Crippen LogP contribution in [0.2, 0.25) is 0 Å². The second-order valence-electron chi connectivity index (χ2n) is 7.03. The first-order chi connectivity index (χ1) is 9.28. The van der Waals surface area contributed by atoms with Crippen molar-refractivity contribution in [3.63, 3.8) is 0 Å². The summed E-state index contributed by atoms with van der Waals surface area (Å²) in [6.07, 6.45) is 2.39. The Balaban J connectivity index is 2.12. The van der Waals surface area contributed by atoms with Crippen LogP contribution in [0.15, 0.2) is 11.8 Å². The van der Waals surface area contributed by atoms with Crippen molar-refractivity contribution in [1.82, 2.24) is 0 Å². The van der Waals surface area contributed by atoms with E-state index < -0.39 is 5.41 Å². The van der Waals surface area contributed by atoms with Gasteiger partial charge in [0.05, 0.1) is 12.0 Å². The minimum atomic E-state index is -0.493. The monoisotopic (exact) mass is 282 g/mol. The maximum absolute atomic E-state index is 12.6. The summed E-state index contributed by atoms with van der Waals surface area (Å²) in [5.74, 6) is 0.958. The molecule has 0 spiro atoms. The molecule has 2 rings (SSSR count). The zero-order valence-electron chi connectivity index (χ0n) is 13.3. The lowest BCUT2D eigenvalue weighted by Crippen LogP contribution is -3.12. The Labute approximate surface area is 121 Å². The van der Waals surface area contributed by atoms with Gasteiger partial charge in [-0.25, -0.2) is 0 Å². The number of hydrogen-bond donors (Lipinski definition) is 2. The van der Waals surface area contributed by atoms with E-state index in [0.717, 1.165) is 19.5 Å². The first-order valence-corrected chi connectivity index (χ1v) is 7.73. The highest BCUT2D eigenvalue weighted by molar-refractivity contribution is 5.78. The number of fused-ring (bicyclic) bond motifs is 1. The molecule has 1 saturated heterocycles. The number of hydrogen-bond acceptors (Lipinski definition) is 3. The molecule has 2 aliphatic heterocycles. The Morgan fingerprint density at radius 3 is 2.55 bits per heavy atom. The number of esters is 1. The average molecular weight is 282 g/mol. The molecule has 114 valence electrons. The van der Waals surface area contributed by atoms with Gasteiger partial charge in [0.1, 0.15) is 12.6 Å². The van der Waals surface area contributed by atoms with E-state index in [1.165, 1.54) is 4.90 Å². The third-order valence-corrected chi connectivity index (χ3v) is 5.51. The number of carbonyl (C=O) groups excluding carboxylic acids is 1. The maximum Gasteiger partial charge on any atom is 0.317 e. The van der Waals surface area contributed by atoms with Gasteiger partial charge in [0.25, 0.3) is 0 Å². The fourth-order valence-corrected chi connectivity index (χ4v) is 3.37. The Morgan fingerprint density at radius 2 is 2.00 bits per heavy atom. The van der Waals surface area contributed by atoms with E-state index in [1.807, 2.05) is 13.0 Å². The molecule has 0 aliphatic carbocycles. The summed E-state index contributed by atoms with van der Waals surface area (Å²) >= 11 is 0. The van der Waals surface area contributed by atoms with Crippen LogP contribution in [-0.2, 0) is 9.53 Å². The number of rotatable bonds is 4. The fourth-order valence-electron chi connectivity index (χ4n) is 3.37. The quantitative estimate of drug-likeness (QED) is 0.749. The Hall–Kier alpha value is -0.870. The molecule has 2 aliphatic rings. The van der Waals surface area contributed by atoms with Gasteiger partial charge in [0.2, 0.25) is 0 Å². The summed E-state index contributed by atoms with van der Waals surface area (Å²) in [5.41, 5.74) is -0.493. The number of carbonyl (C=O) groups is 1. The molecule has 0 aromatic rings. The molecule has 2 heterocycles. The molecule has 0 aromatic carbocycles. The van der Waals surface area contributed by atoms with E-state index in [1.54, 1.807) is 0 Å². The van der Waals surface area contributed by atoms with Gasteiger partial charge in [0.15, 0.2) is 11.8 Å². The largest absolute Gasteiger partial charge is 0.424 e. The lowest BCUT2D eigenvalue weighted by atomic mass is 9.70. The van der Waals surface area contributed by atoms with E-state index in [9.17, 15) is 9.90 Å². The number of aliphatic hydroxyl groups is 1. The number of quaternary nitrogens is 1. The van der Waals surface area contributed by atoms with Crippen molar-refractivity contribution in [3.05, 3.63) is 11.8 Å². The predicted octanol–water partition coefficient (Wildman–Crippen LogP) is 0.764. The molecule has 2 N–H and O–H groups in total. The van der Waals surface area contributed by atoms with Crippen LogP contribution in [0.3, 0.4) is 0 Å². The second-order valence-corrected chi connectivity index (χ2v) is 7.03. The Morgan fingerprint density at radius 1 is 1.40 bits per heavy atom. The van der Waals surface area contributed by atoms with E-state index >= 15 is 0 Å². The normalized spacial score (nSPS) is 29.8. The third kappa shape index (κ3) is 2.40. The smallest absolute Gasteiger partial charge is 0.317 e. The molecule has 3 atom stereocenters. The van der Waals surface area contributed by atoms with Crippen molar-refractivity contribution in [1.29, 1.82) is 0 Å². The van der Waals surface area contributed by atoms with Crippen molar-refractivity contribution >= 4 is 5.97 Å². The fraction of sp³-hybridized carbons (Fsp3) is 0.812. The van der Waals surface area contributed by atoms with E-state index in [2.05, 4.69) is 27.7 Å². The topological polar surface area (TPSA) is 51.0 Å². The standard InChI is InChI=1S/C16H27NO3/c1-10(2)16(5,11(3)4)15(19)20-13-7-9-17-8-6-12(18)14(13)17/h7,10-12,14,18H,6,8-9H2,1-5H3/p+1/t12-,14-/m0/s1. The van der Waals surface area contributed by atoms with Crippen LogP contribution >= 0.6 is 0 Å². The third-order valence-electron chi connectivity index (χ3n) is 5.51. The van der Waals surface area contributed by atoms with Gasteiger partial charge < -0.3 is 14.7 Å². The molecular weight excluding hydrogens is 254 g/mol. The summed E-state index contributed by atoms with van der Waals surface area (Å²) in [6.45, 7) is 12.0. The van der Waals surface area contributed by atoms with Crippen LogP contribution in [0, 0.1) is 17.3 Å². The van der Waals surface area contributed by atoms with Gasteiger partial charge in [-0.3, -0.25) is 4.79 Å². The van der Waals surface area contributed by atoms with Gasteiger partial charge in [-0.2, -0.15) is 0 Å². The van der Waals surface area contributed by atoms with Crippen molar-refractivity contribution in [2.75, 3.05) is 13.1 Å². The van der Waals surface area contributed by atoms with Gasteiger partial charge in [-0.05, 0) is 18.8 Å². The number of nitrogens with one attached hydrogen (secondary N) is 1. The molecule has 4 nitrogen and oxygen atoms in total. The first-order valence-electron chi connectivity index (χ1n) is 7.73. The van der Waals surface area contributed by atoms with Crippen molar-refractivity contribution in [2.45, 2.75) is 53.2 Å². The highest BCUT2D eigenvalue weighted by atomic mass is 16.5. The van der Waals surface area contributed by atoms with E-state index in [4.69, 9.17) is 4.74 Å². The minimum absolute atomic E-state index is 0.0393. The molecule has 0 aromatic heterocycles. The highest BCUT2D eigenvalue weighted by Gasteiger charge is 2.47. The van der Waals surface area contributed by atoms with Crippen molar-refractivity contribution in [2.24, 2.45) is 17.3 Å². The lowest BCUT2D eigenvalue weighted by Gasteiger charge is -2.35. The van der Waals surface area contributed by atoms with Gasteiger partial charge >= 0.3 is 5.97 Å². The van der Waals surface area contributed by atoms with Crippen molar-refractivity contribution < 1.29 is 19.5 Å². The number of aliphatic hydroxyl groups excluding tert-OH is 1. The Kier molecular flexibility index (Phi) is 4.26. The van der Waals surface area contributed by atoms with Crippen LogP contribution in [0.1, 0.15) is 41.0 Å². The lowest BCUT2D eigenvalue weighted by molar-refractivity contribution is -0.898. The highest BCUT2D eigenvalue weighted by Crippen LogP contribution is 2.37. The molecular formula is C16H28NO3+. The molecule has 0 amide bonds. The summed E-state index contributed by atoms with van der Waals surface area (Å²) in [7, 11) is 0. The average Bonchev–Trinajstić information content (AvgIpc) is 2.92.